The maximum atomic E-state index is 12.2. The van der Waals surface area contributed by atoms with Gasteiger partial charge in [0.05, 0.1) is 11.8 Å². The fourth-order valence-corrected chi connectivity index (χ4v) is 3.13. The fraction of sp³-hybridized carbons (Fsp3) is 0.333. The van der Waals surface area contributed by atoms with Crippen molar-refractivity contribution in [2.75, 3.05) is 36.1 Å². The number of carbonyl (C=O) groups excluding carboxylic acids is 1. The molecule has 1 aromatic heterocycles. The van der Waals surface area contributed by atoms with Gasteiger partial charge in [-0.25, -0.2) is 14.8 Å². The molecule has 1 aliphatic rings. The molecule has 0 saturated carbocycles. The molecule has 2 heterocycles. The van der Waals surface area contributed by atoms with Crippen molar-refractivity contribution in [3.63, 3.8) is 0 Å². The third kappa shape index (κ3) is 5.01. The van der Waals surface area contributed by atoms with E-state index in [0.717, 1.165) is 25.9 Å². The highest BCUT2D eigenvalue weighted by molar-refractivity contribution is 6.30. The average molecular weight is 404 g/mol. The van der Waals surface area contributed by atoms with Gasteiger partial charge in [-0.2, -0.15) is 0 Å². The van der Waals surface area contributed by atoms with Gasteiger partial charge >= 0.3 is 6.03 Å². The van der Waals surface area contributed by atoms with Crippen molar-refractivity contribution in [3.05, 3.63) is 41.2 Å². The van der Waals surface area contributed by atoms with Crippen molar-refractivity contribution in [1.82, 2.24) is 15.3 Å². The molecule has 28 heavy (non-hydrogen) atoms. The molecule has 0 bridgehead atoms. The van der Waals surface area contributed by atoms with Gasteiger partial charge in [-0.05, 0) is 37.1 Å². The van der Waals surface area contributed by atoms with Gasteiger partial charge in [0.15, 0.2) is 0 Å². The lowest BCUT2D eigenvalue weighted by molar-refractivity contribution is 0.215. The summed E-state index contributed by atoms with van der Waals surface area (Å²) in [7, 11) is 1.46. The molecule has 0 atom stereocenters. The topological polar surface area (TPSA) is 118 Å². The summed E-state index contributed by atoms with van der Waals surface area (Å²) in [6.07, 6.45) is 4.49. The molecular weight excluding hydrogens is 382 g/mol. The monoisotopic (exact) mass is 403 g/mol. The number of nitrogens with one attached hydrogen (secondary N) is 2. The minimum atomic E-state index is -0.236. The summed E-state index contributed by atoms with van der Waals surface area (Å²) in [6.45, 7) is 1.44. The Kier molecular flexibility index (Phi) is 6.49. The van der Waals surface area contributed by atoms with E-state index in [9.17, 15) is 4.79 Å². The lowest BCUT2D eigenvalue weighted by atomic mass is 10.0. The molecule has 1 aromatic carbocycles. The van der Waals surface area contributed by atoms with Crippen LogP contribution in [0.3, 0.4) is 0 Å². The summed E-state index contributed by atoms with van der Waals surface area (Å²) in [4.78, 5) is 27.4. The zero-order valence-electron chi connectivity index (χ0n) is 15.4. The van der Waals surface area contributed by atoms with Crippen LogP contribution in [0.5, 0.6) is 0 Å². The van der Waals surface area contributed by atoms with E-state index in [1.807, 2.05) is 0 Å². The van der Waals surface area contributed by atoms with Crippen molar-refractivity contribution >= 4 is 41.2 Å². The van der Waals surface area contributed by atoms with Gasteiger partial charge in [0, 0.05) is 29.8 Å². The van der Waals surface area contributed by atoms with Gasteiger partial charge in [-0.3, -0.25) is 0 Å². The number of hydrogen-bond acceptors (Lipinski definition) is 7. The van der Waals surface area contributed by atoms with Crippen LogP contribution in [0.15, 0.2) is 35.7 Å². The molecule has 1 saturated heterocycles. The zero-order valence-corrected chi connectivity index (χ0v) is 16.2. The summed E-state index contributed by atoms with van der Waals surface area (Å²) in [5, 5.41) is 10.2. The van der Waals surface area contributed by atoms with E-state index < -0.39 is 0 Å². The van der Waals surface area contributed by atoms with Crippen LogP contribution >= 0.6 is 11.6 Å². The SMILES string of the molecule is CO/N=C/c1c(N)ncnc1N1CCC(NC(=O)Nc2ccc(Cl)cc2)CC1. The molecule has 0 aliphatic carbocycles. The predicted octanol–water partition coefficient (Wildman–Crippen LogP) is 2.48. The third-order valence-electron chi connectivity index (χ3n) is 4.41. The number of piperidine rings is 1. The van der Waals surface area contributed by atoms with E-state index in [-0.39, 0.29) is 12.1 Å². The standard InChI is InChI=1S/C18H22ClN7O2/c1-28-23-10-15-16(20)21-11-22-17(15)26-8-6-14(7-9-26)25-18(27)24-13-4-2-12(19)3-5-13/h2-5,10-11,14H,6-9H2,1H3,(H2,20,21,22)(H2,24,25,27)/b23-10+. The third-order valence-corrected chi connectivity index (χ3v) is 4.66. The van der Waals surface area contributed by atoms with Crippen LogP contribution in [-0.2, 0) is 4.84 Å². The summed E-state index contributed by atoms with van der Waals surface area (Å²) in [6, 6.07) is 6.81. The molecule has 2 amide bonds. The highest BCUT2D eigenvalue weighted by Crippen LogP contribution is 2.23. The summed E-state index contributed by atoms with van der Waals surface area (Å²) in [5.74, 6) is 1.05. The van der Waals surface area contributed by atoms with Crippen LogP contribution in [0, 0.1) is 0 Å². The fourth-order valence-electron chi connectivity index (χ4n) is 3.00. The number of urea groups is 1. The van der Waals surface area contributed by atoms with Gasteiger partial charge in [0.25, 0.3) is 0 Å². The van der Waals surface area contributed by atoms with E-state index >= 15 is 0 Å². The van der Waals surface area contributed by atoms with Gasteiger partial charge in [0.1, 0.15) is 25.1 Å². The first kappa shape index (κ1) is 19.7. The number of amides is 2. The number of benzene rings is 1. The Bertz CT molecular complexity index is 836. The molecule has 10 heteroatoms. The minimum absolute atomic E-state index is 0.0684. The number of anilines is 3. The zero-order chi connectivity index (χ0) is 19.9. The molecule has 9 nitrogen and oxygen atoms in total. The Morgan fingerprint density at radius 3 is 2.71 bits per heavy atom. The Hall–Kier alpha value is -3.07. The minimum Gasteiger partial charge on any atom is -0.399 e. The normalized spacial score (nSPS) is 14.9. The molecule has 0 unspecified atom stereocenters. The number of halogens is 1. The maximum Gasteiger partial charge on any atom is 0.319 e. The van der Waals surface area contributed by atoms with E-state index in [4.69, 9.17) is 22.2 Å². The highest BCUT2D eigenvalue weighted by Gasteiger charge is 2.24. The second-order valence-electron chi connectivity index (χ2n) is 6.28. The maximum absolute atomic E-state index is 12.2. The molecule has 1 aliphatic heterocycles. The molecule has 3 rings (SSSR count). The van der Waals surface area contributed by atoms with Crippen molar-refractivity contribution in [2.24, 2.45) is 5.16 Å². The van der Waals surface area contributed by atoms with Gasteiger partial charge in [0.2, 0.25) is 0 Å². The van der Waals surface area contributed by atoms with Gasteiger partial charge in [-0.1, -0.05) is 16.8 Å². The first-order valence-electron chi connectivity index (χ1n) is 8.82. The average Bonchev–Trinajstić information content (AvgIpc) is 2.69. The number of nitrogens with zero attached hydrogens (tertiary/aromatic N) is 4. The number of carbonyl (C=O) groups is 1. The predicted molar refractivity (Wildman–Crippen MR) is 110 cm³/mol. The van der Waals surface area contributed by atoms with Crippen molar-refractivity contribution in [3.8, 4) is 0 Å². The second kappa shape index (κ2) is 9.23. The van der Waals surface area contributed by atoms with Crippen LogP contribution < -0.4 is 21.3 Å². The number of rotatable bonds is 5. The summed E-state index contributed by atoms with van der Waals surface area (Å²) < 4.78 is 0. The molecule has 2 aromatic rings. The number of nitrogens with two attached hydrogens (primary N) is 1. The summed E-state index contributed by atoms with van der Waals surface area (Å²) >= 11 is 5.85. The van der Waals surface area contributed by atoms with Crippen LogP contribution in [-0.4, -0.2) is 48.5 Å². The lowest BCUT2D eigenvalue weighted by Gasteiger charge is -2.33. The van der Waals surface area contributed by atoms with E-state index in [1.54, 1.807) is 24.3 Å². The van der Waals surface area contributed by atoms with Crippen molar-refractivity contribution in [2.45, 2.75) is 18.9 Å². The van der Waals surface area contributed by atoms with Crippen molar-refractivity contribution < 1.29 is 9.63 Å². The first-order chi connectivity index (χ1) is 13.6. The van der Waals surface area contributed by atoms with Crippen LogP contribution in [0.4, 0.5) is 22.1 Å². The van der Waals surface area contributed by atoms with Gasteiger partial charge < -0.3 is 26.1 Å². The Morgan fingerprint density at radius 1 is 1.32 bits per heavy atom. The second-order valence-corrected chi connectivity index (χ2v) is 6.72. The molecule has 0 spiro atoms. The Labute approximate surface area is 167 Å². The number of oxime groups is 1. The largest absolute Gasteiger partial charge is 0.399 e. The molecule has 1 fully saturated rings. The number of nitrogen functional groups attached to an aromatic ring is 1. The number of aromatic nitrogens is 2. The molecule has 4 N–H and O–H groups in total. The van der Waals surface area contributed by atoms with Crippen molar-refractivity contribution in [1.29, 1.82) is 0 Å². The first-order valence-corrected chi connectivity index (χ1v) is 9.19. The van der Waals surface area contributed by atoms with Crippen LogP contribution in [0.25, 0.3) is 0 Å². The molecular formula is C18H22ClN7O2. The van der Waals surface area contributed by atoms with E-state index in [1.165, 1.54) is 19.7 Å². The molecule has 0 radical (unpaired) electrons. The smallest absolute Gasteiger partial charge is 0.319 e. The lowest BCUT2D eigenvalue weighted by Crippen LogP contribution is -2.46. The highest BCUT2D eigenvalue weighted by atomic mass is 35.5. The summed E-state index contributed by atoms with van der Waals surface area (Å²) in [5.41, 5.74) is 7.26. The Balaban J connectivity index is 1.56. The van der Waals surface area contributed by atoms with Crippen LogP contribution in [0.1, 0.15) is 18.4 Å². The quantitative estimate of drug-likeness (QED) is 0.521. The van der Waals surface area contributed by atoms with Gasteiger partial charge in [-0.15, -0.1) is 0 Å². The molecule has 148 valence electrons. The number of hydrogen-bond donors (Lipinski definition) is 3. The van der Waals surface area contributed by atoms with E-state index in [2.05, 4.69) is 30.7 Å². The van der Waals surface area contributed by atoms with Crippen LogP contribution in [0.2, 0.25) is 5.02 Å². The van der Waals surface area contributed by atoms with E-state index in [0.29, 0.717) is 27.9 Å². The Morgan fingerprint density at radius 2 is 2.04 bits per heavy atom.